The lowest BCUT2D eigenvalue weighted by Crippen LogP contribution is -2.40. The van der Waals surface area contributed by atoms with Crippen molar-refractivity contribution in [3.8, 4) is 5.75 Å². The van der Waals surface area contributed by atoms with Gasteiger partial charge in [-0.1, -0.05) is 36.4 Å². The highest BCUT2D eigenvalue weighted by molar-refractivity contribution is 5.88. The van der Waals surface area contributed by atoms with Crippen LogP contribution in [0.4, 0.5) is 0 Å². The Morgan fingerprint density at radius 3 is 2.83 bits per heavy atom. The molecular formula is C26H28N2O2. The van der Waals surface area contributed by atoms with Crippen molar-refractivity contribution in [2.45, 2.75) is 38.1 Å². The molecule has 30 heavy (non-hydrogen) atoms. The van der Waals surface area contributed by atoms with E-state index in [-0.39, 0.29) is 6.04 Å². The minimum atomic E-state index is -0.0744. The Bertz CT molecular complexity index is 1100. The number of fused-ring (bicyclic) bond motifs is 3. The van der Waals surface area contributed by atoms with Gasteiger partial charge in [0.2, 0.25) is 0 Å². The van der Waals surface area contributed by atoms with Crippen LogP contribution in [0.1, 0.15) is 36.1 Å². The second-order valence-electron chi connectivity index (χ2n) is 8.53. The van der Waals surface area contributed by atoms with E-state index < -0.39 is 0 Å². The van der Waals surface area contributed by atoms with E-state index in [1.807, 2.05) is 12.1 Å². The lowest BCUT2D eigenvalue weighted by molar-refractivity contribution is -0.122. The first-order valence-electron chi connectivity index (χ1n) is 10.9. The maximum Gasteiger partial charge on any atom is 0.150 e. The maximum atomic E-state index is 13.1. The number of Topliss-reactive ketones (excluding diaryl/α,β-unsaturated/α-hetero) is 1. The van der Waals surface area contributed by atoms with Gasteiger partial charge in [-0.15, -0.1) is 0 Å². The number of aromatic nitrogens is 1. The summed E-state index contributed by atoms with van der Waals surface area (Å²) in [6.07, 6.45) is 6.68. The molecule has 2 aliphatic rings. The number of carbonyl (C=O) groups is 1. The molecule has 1 aliphatic heterocycles. The fraction of sp³-hybridized carbons (Fsp3) is 0.346. The van der Waals surface area contributed by atoms with E-state index >= 15 is 0 Å². The van der Waals surface area contributed by atoms with Crippen LogP contribution in [0.25, 0.3) is 16.5 Å². The molecule has 3 aromatic rings. The monoisotopic (exact) mass is 400 g/mol. The van der Waals surface area contributed by atoms with Crippen molar-refractivity contribution in [1.82, 2.24) is 10.3 Å². The van der Waals surface area contributed by atoms with E-state index in [1.54, 1.807) is 7.11 Å². The third-order valence-electron chi connectivity index (χ3n) is 6.66. The summed E-state index contributed by atoms with van der Waals surface area (Å²) in [5, 5.41) is 4.66. The lowest BCUT2D eigenvalue weighted by Gasteiger charge is -2.27. The molecule has 5 rings (SSSR count). The summed E-state index contributed by atoms with van der Waals surface area (Å²) in [7, 11) is 1.71. The number of H-pyrrole nitrogens is 1. The van der Waals surface area contributed by atoms with Gasteiger partial charge in [-0.2, -0.15) is 0 Å². The summed E-state index contributed by atoms with van der Waals surface area (Å²) in [6.45, 7) is 0.762. The number of carbonyl (C=O) groups excluding carboxylic acids is 1. The van der Waals surface area contributed by atoms with Gasteiger partial charge in [0.25, 0.3) is 0 Å². The van der Waals surface area contributed by atoms with E-state index in [0.29, 0.717) is 18.1 Å². The summed E-state index contributed by atoms with van der Waals surface area (Å²) < 4.78 is 5.42. The Morgan fingerprint density at radius 1 is 1.13 bits per heavy atom. The molecule has 0 bridgehead atoms. The fourth-order valence-corrected chi connectivity index (χ4v) is 5.01. The van der Waals surface area contributed by atoms with E-state index in [9.17, 15) is 4.79 Å². The first kappa shape index (κ1) is 19.1. The van der Waals surface area contributed by atoms with Crippen molar-refractivity contribution < 1.29 is 9.53 Å². The predicted molar refractivity (Wildman–Crippen MR) is 121 cm³/mol. The first-order chi connectivity index (χ1) is 14.7. The number of aromatic amines is 1. The van der Waals surface area contributed by atoms with E-state index in [4.69, 9.17) is 4.74 Å². The van der Waals surface area contributed by atoms with Crippen LogP contribution >= 0.6 is 0 Å². The topological polar surface area (TPSA) is 54.1 Å². The highest BCUT2D eigenvalue weighted by Gasteiger charge is 2.28. The number of ether oxygens (including phenoxy) is 1. The highest BCUT2D eigenvalue weighted by atomic mass is 16.5. The molecule has 0 amide bonds. The summed E-state index contributed by atoms with van der Waals surface area (Å²) in [5.74, 6) is 1.64. The van der Waals surface area contributed by atoms with Gasteiger partial charge in [-0.25, -0.2) is 0 Å². The van der Waals surface area contributed by atoms with Crippen molar-refractivity contribution >= 4 is 22.3 Å². The van der Waals surface area contributed by atoms with E-state index in [0.717, 1.165) is 38.0 Å². The molecule has 2 heterocycles. The number of hydrogen-bond acceptors (Lipinski definition) is 3. The largest absolute Gasteiger partial charge is 0.497 e. The van der Waals surface area contributed by atoms with Crippen LogP contribution < -0.4 is 10.1 Å². The molecule has 0 saturated heterocycles. The predicted octanol–water partition coefficient (Wildman–Crippen LogP) is 4.69. The molecule has 4 heteroatoms. The van der Waals surface area contributed by atoms with Gasteiger partial charge in [0.05, 0.1) is 13.2 Å². The molecule has 1 aliphatic carbocycles. The third kappa shape index (κ3) is 3.68. The second-order valence-corrected chi connectivity index (χ2v) is 8.53. The Kier molecular flexibility index (Phi) is 5.17. The van der Waals surface area contributed by atoms with Crippen molar-refractivity contribution in [1.29, 1.82) is 0 Å². The molecular weight excluding hydrogens is 372 g/mol. The van der Waals surface area contributed by atoms with Crippen LogP contribution in [0, 0.1) is 5.92 Å². The maximum absolute atomic E-state index is 13.1. The van der Waals surface area contributed by atoms with E-state index in [1.165, 1.54) is 33.3 Å². The normalized spacial score (nSPS) is 21.2. The summed E-state index contributed by atoms with van der Waals surface area (Å²) in [4.78, 5) is 16.7. The third-order valence-corrected chi connectivity index (χ3v) is 6.66. The van der Waals surface area contributed by atoms with Gasteiger partial charge in [0, 0.05) is 29.6 Å². The molecule has 2 atom stereocenters. The number of benzene rings is 2. The summed E-state index contributed by atoms with van der Waals surface area (Å²) in [6, 6.07) is 16.6. The van der Waals surface area contributed by atoms with Crippen LogP contribution in [0.2, 0.25) is 0 Å². The molecule has 2 N–H and O–H groups in total. The van der Waals surface area contributed by atoms with Crippen molar-refractivity contribution in [3.05, 3.63) is 71.4 Å². The van der Waals surface area contributed by atoms with Crippen molar-refractivity contribution in [3.63, 3.8) is 0 Å². The molecule has 1 aromatic heterocycles. The molecule has 0 radical (unpaired) electrons. The van der Waals surface area contributed by atoms with Crippen LogP contribution in [0.15, 0.2) is 54.6 Å². The molecule has 0 fully saturated rings. The molecule has 154 valence electrons. The quantitative estimate of drug-likeness (QED) is 0.653. The van der Waals surface area contributed by atoms with Gasteiger partial charge in [0.1, 0.15) is 11.5 Å². The Balaban J connectivity index is 1.28. The Labute approximate surface area is 177 Å². The summed E-state index contributed by atoms with van der Waals surface area (Å²) in [5.41, 5.74) is 6.37. The zero-order valence-electron chi connectivity index (χ0n) is 17.4. The fourth-order valence-electron chi connectivity index (χ4n) is 5.01. The van der Waals surface area contributed by atoms with Gasteiger partial charge >= 0.3 is 0 Å². The Hall–Kier alpha value is -2.85. The van der Waals surface area contributed by atoms with Crippen LogP contribution in [-0.4, -0.2) is 30.5 Å². The molecule has 2 aromatic carbocycles. The molecule has 4 nitrogen and oxygen atoms in total. The Morgan fingerprint density at radius 2 is 2.00 bits per heavy atom. The minimum absolute atomic E-state index is 0.0744. The number of hydrogen-bond donors (Lipinski definition) is 2. The number of methoxy groups -OCH3 is 1. The van der Waals surface area contributed by atoms with Gasteiger partial charge in [0.15, 0.2) is 0 Å². The van der Waals surface area contributed by atoms with Gasteiger partial charge in [-0.3, -0.25) is 4.79 Å². The standard InChI is InChI=1S/C26H28N2O2/c1-30-20-8-10-24-22(16-20)21-13-17(7-9-23(21)28-24)14-26(29)25-15-19(11-12-27-25)18-5-3-2-4-6-18/h2-6,8,10-11,16-17,25,27-28H,7,9,12-15H2,1H3. The highest BCUT2D eigenvalue weighted by Crippen LogP contribution is 2.35. The number of ketones is 1. The molecule has 0 saturated carbocycles. The molecule has 0 spiro atoms. The van der Waals surface area contributed by atoms with Crippen LogP contribution in [-0.2, 0) is 17.6 Å². The zero-order valence-corrected chi connectivity index (χ0v) is 17.4. The SMILES string of the molecule is COc1ccc2[nH]c3c(c2c1)CC(CC(=O)C1CC(c2ccccc2)=CCN1)CC3. The van der Waals surface area contributed by atoms with Crippen LogP contribution in [0.5, 0.6) is 5.75 Å². The van der Waals surface area contributed by atoms with E-state index in [2.05, 4.69) is 52.8 Å². The summed E-state index contributed by atoms with van der Waals surface area (Å²) >= 11 is 0. The number of rotatable bonds is 5. The zero-order chi connectivity index (χ0) is 20.5. The first-order valence-corrected chi connectivity index (χ1v) is 10.9. The minimum Gasteiger partial charge on any atom is -0.497 e. The van der Waals surface area contributed by atoms with Crippen LogP contribution in [0.3, 0.4) is 0 Å². The van der Waals surface area contributed by atoms with Crippen molar-refractivity contribution in [2.24, 2.45) is 5.92 Å². The average Bonchev–Trinajstić information content (AvgIpc) is 3.17. The number of nitrogens with one attached hydrogen (secondary N) is 2. The van der Waals surface area contributed by atoms with Gasteiger partial charge < -0.3 is 15.0 Å². The molecule has 2 unspecified atom stereocenters. The lowest BCUT2D eigenvalue weighted by atomic mass is 9.81. The second kappa shape index (κ2) is 8.11. The van der Waals surface area contributed by atoms with Gasteiger partial charge in [-0.05, 0) is 66.5 Å². The van der Waals surface area contributed by atoms with Crippen molar-refractivity contribution in [2.75, 3.05) is 13.7 Å². The average molecular weight is 401 g/mol. The smallest absolute Gasteiger partial charge is 0.150 e. The number of aryl methyl sites for hydroxylation is 1.